The zero-order chi connectivity index (χ0) is 14.7. The quantitative estimate of drug-likeness (QED) is 0.891. The Morgan fingerprint density at radius 3 is 2.55 bits per heavy atom. The number of hydrogen-bond acceptors (Lipinski definition) is 4. The molecule has 0 aliphatic heterocycles. The molecule has 0 fully saturated rings. The highest BCUT2D eigenvalue weighted by atomic mass is 16.4. The van der Waals surface area contributed by atoms with Crippen LogP contribution in [0.15, 0.2) is 30.7 Å². The molecule has 0 unspecified atom stereocenters. The Morgan fingerprint density at radius 2 is 1.95 bits per heavy atom. The predicted molar refractivity (Wildman–Crippen MR) is 72.9 cm³/mol. The molecular formula is C14H13N3O3. The number of aromatic nitrogens is 2. The van der Waals surface area contributed by atoms with Gasteiger partial charge in [0.15, 0.2) is 0 Å². The molecule has 2 aromatic rings. The van der Waals surface area contributed by atoms with E-state index < -0.39 is 11.9 Å². The first kappa shape index (κ1) is 13.7. The summed E-state index contributed by atoms with van der Waals surface area (Å²) < 4.78 is 0. The number of carbonyl (C=O) groups is 2. The number of aromatic carboxylic acids is 1. The Kier molecular flexibility index (Phi) is 3.74. The zero-order valence-corrected chi connectivity index (χ0v) is 11.0. The number of amides is 1. The van der Waals surface area contributed by atoms with Gasteiger partial charge in [-0.25, -0.2) is 9.78 Å². The van der Waals surface area contributed by atoms with Crippen molar-refractivity contribution in [2.45, 2.75) is 13.8 Å². The van der Waals surface area contributed by atoms with E-state index in [1.54, 1.807) is 19.9 Å². The van der Waals surface area contributed by atoms with E-state index in [1.165, 1.54) is 24.7 Å². The monoisotopic (exact) mass is 271 g/mol. The molecule has 1 aromatic heterocycles. The minimum atomic E-state index is -1.03. The normalized spacial score (nSPS) is 10.1. The summed E-state index contributed by atoms with van der Waals surface area (Å²) in [6.45, 7) is 3.52. The molecule has 0 atom stereocenters. The lowest BCUT2D eigenvalue weighted by Crippen LogP contribution is -2.15. The Labute approximate surface area is 115 Å². The molecule has 0 radical (unpaired) electrons. The van der Waals surface area contributed by atoms with Gasteiger partial charge in [-0.3, -0.25) is 9.78 Å². The van der Waals surface area contributed by atoms with Crippen LogP contribution in [0.2, 0.25) is 0 Å². The van der Waals surface area contributed by atoms with E-state index in [2.05, 4.69) is 15.3 Å². The summed E-state index contributed by atoms with van der Waals surface area (Å²) in [6.07, 6.45) is 4.22. The fourth-order valence-corrected chi connectivity index (χ4v) is 1.77. The van der Waals surface area contributed by atoms with Crippen LogP contribution in [0.1, 0.15) is 32.0 Å². The van der Waals surface area contributed by atoms with Crippen molar-refractivity contribution in [2.75, 3.05) is 5.32 Å². The third-order valence-corrected chi connectivity index (χ3v) is 2.95. The molecule has 2 rings (SSSR count). The van der Waals surface area contributed by atoms with E-state index >= 15 is 0 Å². The summed E-state index contributed by atoms with van der Waals surface area (Å²) in [5, 5.41) is 11.7. The Bertz CT molecular complexity index is 669. The Balaban J connectivity index is 2.31. The average Bonchev–Trinajstić information content (AvgIpc) is 2.43. The van der Waals surface area contributed by atoms with E-state index in [-0.39, 0.29) is 11.3 Å². The molecule has 1 amide bonds. The molecule has 0 saturated carbocycles. The van der Waals surface area contributed by atoms with E-state index in [4.69, 9.17) is 5.11 Å². The lowest BCUT2D eigenvalue weighted by molar-refractivity contribution is 0.0695. The second-order valence-electron chi connectivity index (χ2n) is 4.32. The summed E-state index contributed by atoms with van der Waals surface area (Å²) in [4.78, 5) is 30.8. The maximum Gasteiger partial charge on any atom is 0.336 e. The van der Waals surface area contributed by atoms with Crippen molar-refractivity contribution >= 4 is 17.6 Å². The first-order chi connectivity index (χ1) is 9.49. The predicted octanol–water partition coefficient (Wildman–Crippen LogP) is 2.04. The molecule has 20 heavy (non-hydrogen) atoms. The van der Waals surface area contributed by atoms with Crippen LogP contribution in [0.4, 0.5) is 5.69 Å². The first-order valence-corrected chi connectivity index (χ1v) is 5.91. The highest BCUT2D eigenvalue weighted by Gasteiger charge is 2.13. The summed E-state index contributed by atoms with van der Waals surface area (Å²) in [5.41, 5.74) is 2.22. The van der Waals surface area contributed by atoms with E-state index in [0.717, 1.165) is 5.56 Å². The van der Waals surface area contributed by atoms with Gasteiger partial charge >= 0.3 is 5.97 Å². The Morgan fingerprint density at radius 1 is 1.20 bits per heavy atom. The van der Waals surface area contributed by atoms with Crippen LogP contribution in [-0.4, -0.2) is 27.0 Å². The van der Waals surface area contributed by atoms with Gasteiger partial charge in [0.1, 0.15) is 5.69 Å². The number of hydrogen-bond donors (Lipinski definition) is 2. The van der Waals surface area contributed by atoms with Crippen LogP contribution in [-0.2, 0) is 0 Å². The van der Waals surface area contributed by atoms with Crippen LogP contribution >= 0.6 is 0 Å². The highest BCUT2D eigenvalue weighted by Crippen LogP contribution is 2.20. The second-order valence-corrected chi connectivity index (χ2v) is 4.32. The van der Waals surface area contributed by atoms with Crippen LogP contribution in [0, 0.1) is 13.8 Å². The van der Waals surface area contributed by atoms with Gasteiger partial charge in [-0.15, -0.1) is 0 Å². The van der Waals surface area contributed by atoms with E-state index in [9.17, 15) is 9.59 Å². The van der Waals surface area contributed by atoms with Crippen molar-refractivity contribution in [3.8, 4) is 0 Å². The topological polar surface area (TPSA) is 92.2 Å². The number of benzene rings is 1. The number of nitrogens with zero attached hydrogens (tertiary/aromatic N) is 2. The van der Waals surface area contributed by atoms with Gasteiger partial charge < -0.3 is 10.4 Å². The van der Waals surface area contributed by atoms with E-state index in [0.29, 0.717) is 11.3 Å². The van der Waals surface area contributed by atoms with Crippen molar-refractivity contribution in [3.05, 3.63) is 53.1 Å². The van der Waals surface area contributed by atoms with Crippen molar-refractivity contribution in [1.29, 1.82) is 0 Å². The van der Waals surface area contributed by atoms with Gasteiger partial charge in [0.2, 0.25) is 0 Å². The minimum absolute atomic E-state index is 0.166. The third-order valence-electron chi connectivity index (χ3n) is 2.95. The maximum absolute atomic E-state index is 11.9. The summed E-state index contributed by atoms with van der Waals surface area (Å²) in [5.74, 6) is -1.46. The fourth-order valence-electron chi connectivity index (χ4n) is 1.77. The molecule has 6 heteroatoms. The molecular weight excluding hydrogens is 258 g/mol. The number of nitrogens with one attached hydrogen (secondary N) is 1. The molecule has 102 valence electrons. The van der Waals surface area contributed by atoms with Crippen molar-refractivity contribution in [2.24, 2.45) is 0 Å². The molecule has 1 heterocycles. The minimum Gasteiger partial charge on any atom is -0.478 e. The maximum atomic E-state index is 11.9. The Hall–Kier alpha value is -2.76. The van der Waals surface area contributed by atoms with Gasteiger partial charge in [-0.05, 0) is 37.1 Å². The molecule has 1 aromatic carbocycles. The van der Waals surface area contributed by atoms with Gasteiger partial charge in [0.05, 0.1) is 11.8 Å². The zero-order valence-electron chi connectivity index (χ0n) is 11.0. The number of anilines is 1. The number of carboxylic acids is 1. The van der Waals surface area contributed by atoms with Crippen LogP contribution in [0.5, 0.6) is 0 Å². The second kappa shape index (κ2) is 5.48. The van der Waals surface area contributed by atoms with Crippen LogP contribution < -0.4 is 5.32 Å². The van der Waals surface area contributed by atoms with Crippen LogP contribution in [0.3, 0.4) is 0 Å². The smallest absolute Gasteiger partial charge is 0.336 e. The van der Waals surface area contributed by atoms with Crippen molar-refractivity contribution < 1.29 is 14.7 Å². The average molecular weight is 271 g/mol. The molecule has 0 aliphatic rings. The SMILES string of the molecule is Cc1cc(NC(=O)c2cnccn2)cc(C(=O)O)c1C. The molecule has 0 spiro atoms. The van der Waals surface area contributed by atoms with Gasteiger partial charge in [-0.1, -0.05) is 0 Å². The van der Waals surface area contributed by atoms with Crippen LogP contribution in [0.25, 0.3) is 0 Å². The largest absolute Gasteiger partial charge is 0.478 e. The van der Waals surface area contributed by atoms with Gasteiger partial charge in [0.25, 0.3) is 5.91 Å². The fraction of sp³-hybridized carbons (Fsp3) is 0.143. The van der Waals surface area contributed by atoms with Gasteiger partial charge in [-0.2, -0.15) is 0 Å². The number of carboxylic acid groups (broad SMARTS) is 1. The summed E-state index contributed by atoms with van der Waals surface area (Å²) in [7, 11) is 0. The number of carbonyl (C=O) groups excluding carboxylic acids is 1. The molecule has 0 bridgehead atoms. The first-order valence-electron chi connectivity index (χ1n) is 5.91. The number of rotatable bonds is 3. The third kappa shape index (κ3) is 2.80. The lowest BCUT2D eigenvalue weighted by Gasteiger charge is -2.10. The molecule has 0 saturated heterocycles. The van der Waals surface area contributed by atoms with E-state index in [1.807, 2.05) is 0 Å². The standard InChI is InChI=1S/C14H13N3O3/c1-8-5-10(6-11(9(8)2)14(19)20)17-13(18)12-7-15-3-4-16-12/h3-7H,1-2H3,(H,17,18)(H,19,20). The molecule has 0 aliphatic carbocycles. The number of aryl methyl sites for hydroxylation is 1. The summed E-state index contributed by atoms with van der Waals surface area (Å²) >= 11 is 0. The highest BCUT2D eigenvalue weighted by molar-refractivity contribution is 6.03. The van der Waals surface area contributed by atoms with Gasteiger partial charge in [0, 0.05) is 18.1 Å². The lowest BCUT2D eigenvalue weighted by atomic mass is 10.0. The summed E-state index contributed by atoms with van der Waals surface area (Å²) in [6, 6.07) is 3.15. The molecule has 2 N–H and O–H groups in total. The molecule has 6 nitrogen and oxygen atoms in total. The van der Waals surface area contributed by atoms with Crippen molar-refractivity contribution in [1.82, 2.24) is 9.97 Å². The van der Waals surface area contributed by atoms with Crippen molar-refractivity contribution in [3.63, 3.8) is 0 Å².